The van der Waals surface area contributed by atoms with E-state index >= 15 is 0 Å². The van der Waals surface area contributed by atoms with E-state index in [-0.39, 0.29) is 17.2 Å². The number of carbonyl (C=O) groups is 1. The van der Waals surface area contributed by atoms with Crippen molar-refractivity contribution in [1.82, 2.24) is 15.3 Å². The molecule has 0 bridgehead atoms. The van der Waals surface area contributed by atoms with E-state index in [2.05, 4.69) is 15.3 Å². The van der Waals surface area contributed by atoms with Crippen molar-refractivity contribution in [2.75, 3.05) is 0 Å². The van der Waals surface area contributed by atoms with Crippen molar-refractivity contribution in [2.24, 2.45) is 0 Å². The van der Waals surface area contributed by atoms with Gasteiger partial charge in [-0.25, -0.2) is 4.98 Å². The lowest BCUT2D eigenvalue weighted by atomic mass is 10.4. The Bertz CT molecular complexity index is 361. The minimum absolute atomic E-state index is 0.223. The molecule has 13 heavy (non-hydrogen) atoms. The predicted molar refractivity (Wildman–Crippen MR) is 45.3 cm³/mol. The van der Waals surface area contributed by atoms with Gasteiger partial charge >= 0.3 is 0 Å². The van der Waals surface area contributed by atoms with Crippen LogP contribution in [0.1, 0.15) is 23.3 Å². The van der Waals surface area contributed by atoms with E-state index in [4.69, 9.17) is 0 Å². The van der Waals surface area contributed by atoms with Crippen LogP contribution in [0.5, 0.6) is 0 Å². The largest absolute Gasteiger partial charge is 0.348 e. The third-order valence-corrected chi connectivity index (χ3v) is 1.82. The molecular weight excluding hydrogens is 170 g/mol. The van der Waals surface area contributed by atoms with Gasteiger partial charge in [-0.3, -0.25) is 9.59 Å². The van der Waals surface area contributed by atoms with Crippen molar-refractivity contribution in [3.8, 4) is 0 Å². The molecule has 0 atom stereocenters. The van der Waals surface area contributed by atoms with Gasteiger partial charge in [0.05, 0.1) is 6.20 Å². The average Bonchev–Trinajstić information content (AvgIpc) is 2.89. The fraction of sp³-hybridized carbons (Fsp3) is 0.375. The highest BCUT2D eigenvalue weighted by atomic mass is 16.2. The van der Waals surface area contributed by atoms with E-state index in [1.807, 2.05) is 0 Å². The monoisotopic (exact) mass is 179 g/mol. The SMILES string of the molecule is O=C(NC1CC1)c1c[nH]c(=O)cn1. The quantitative estimate of drug-likeness (QED) is 0.652. The minimum atomic E-state index is -0.303. The van der Waals surface area contributed by atoms with Crippen LogP contribution in [-0.4, -0.2) is 21.9 Å². The molecule has 5 heteroatoms. The molecule has 1 aromatic rings. The lowest BCUT2D eigenvalue weighted by Crippen LogP contribution is -2.27. The zero-order valence-corrected chi connectivity index (χ0v) is 6.91. The Kier molecular flexibility index (Phi) is 1.84. The molecule has 1 heterocycles. The molecule has 0 saturated heterocycles. The molecule has 1 saturated carbocycles. The molecule has 1 aliphatic carbocycles. The van der Waals surface area contributed by atoms with Gasteiger partial charge in [-0.2, -0.15) is 0 Å². The predicted octanol–water partition coefficient (Wildman–Crippen LogP) is -0.338. The highest BCUT2D eigenvalue weighted by molar-refractivity contribution is 5.92. The average molecular weight is 179 g/mol. The van der Waals surface area contributed by atoms with Gasteiger partial charge in [0.1, 0.15) is 5.69 Å². The van der Waals surface area contributed by atoms with Crippen LogP contribution >= 0.6 is 0 Å². The first kappa shape index (κ1) is 7.97. The molecular formula is C8H9N3O2. The zero-order chi connectivity index (χ0) is 9.26. The number of H-pyrrole nitrogens is 1. The van der Waals surface area contributed by atoms with Crippen LogP contribution in [0.15, 0.2) is 17.2 Å². The summed E-state index contributed by atoms with van der Waals surface area (Å²) in [5.41, 5.74) is -0.0468. The molecule has 0 aliphatic heterocycles. The summed E-state index contributed by atoms with van der Waals surface area (Å²) in [6.45, 7) is 0. The maximum absolute atomic E-state index is 11.3. The number of nitrogens with one attached hydrogen (secondary N) is 2. The number of aromatic amines is 1. The molecule has 1 aromatic heterocycles. The van der Waals surface area contributed by atoms with Gasteiger partial charge in [0, 0.05) is 12.2 Å². The van der Waals surface area contributed by atoms with Gasteiger partial charge in [-0.05, 0) is 12.8 Å². The number of amides is 1. The summed E-state index contributed by atoms with van der Waals surface area (Å²) in [7, 11) is 0. The lowest BCUT2D eigenvalue weighted by molar-refractivity contribution is 0.0945. The lowest BCUT2D eigenvalue weighted by Gasteiger charge is -2.00. The van der Waals surface area contributed by atoms with E-state index in [0.717, 1.165) is 19.0 Å². The van der Waals surface area contributed by atoms with E-state index in [9.17, 15) is 9.59 Å². The van der Waals surface area contributed by atoms with E-state index in [0.29, 0.717) is 6.04 Å². The van der Waals surface area contributed by atoms with Gasteiger partial charge in [0.15, 0.2) is 0 Å². The summed E-state index contributed by atoms with van der Waals surface area (Å²) in [5, 5.41) is 2.77. The summed E-state index contributed by atoms with van der Waals surface area (Å²) in [6, 6.07) is 0.307. The molecule has 2 rings (SSSR count). The number of rotatable bonds is 2. The van der Waals surface area contributed by atoms with Gasteiger partial charge < -0.3 is 10.3 Å². The standard InChI is InChI=1S/C8H9N3O2/c12-7-4-9-6(3-10-7)8(13)11-5-1-2-5/h3-5H,1-2H2,(H,10,12)(H,11,13). The molecule has 1 amide bonds. The van der Waals surface area contributed by atoms with Gasteiger partial charge in [0.25, 0.3) is 11.5 Å². The molecule has 68 valence electrons. The Morgan fingerprint density at radius 2 is 2.38 bits per heavy atom. The smallest absolute Gasteiger partial charge is 0.271 e. The number of aromatic nitrogens is 2. The summed E-state index contributed by atoms with van der Waals surface area (Å²) >= 11 is 0. The Hall–Kier alpha value is -1.65. The van der Waals surface area contributed by atoms with Crippen LogP contribution in [0.3, 0.4) is 0 Å². The van der Waals surface area contributed by atoms with E-state index in [1.165, 1.54) is 6.20 Å². The summed E-state index contributed by atoms with van der Waals surface area (Å²) in [6.07, 6.45) is 4.49. The third kappa shape index (κ3) is 1.93. The van der Waals surface area contributed by atoms with Crippen LogP contribution in [-0.2, 0) is 0 Å². The Morgan fingerprint density at radius 3 is 2.92 bits per heavy atom. The Balaban J connectivity index is 2.10. The normalized spacial score (nSPS) is 15.4. The first-order valence-corrected chi connectivity index (χ1v) is 4.11. The number of hydrogen-bond acceptors (Lipinski definition) is 3. The molecule has 2 N–H and O–H groups in total. The molecule has 1 fully saturated rings. The van der Waals surface area contributed by atoms with Crippen molar-refractivity contribution < 1.29 is 4.79 Å². The van der Waals surface area contributed by atoms with Crippen LogP contribution in [0, 0.1) is 0 Å². The Labute approximate surface area is 74.2 Å². The second kappa shape index (κ2) is 3.01. The van der Waals surface area contributed by atoms with Crippen LogP contribution < -0.4 is 10.9 Å². The fourth-order valence-corrected chi connectivity index (χ4v) is 0.953. The molecule has 0 radical (unpaired) electrons. The third-order valence-electron chi connectivity index (χ3n) is 1.82. The van der Waals surface area contributed by atoms with Crippen molar-refractivity contribution in [2.45, 2.75) is 18.9 Å². The van der Waals surface area contributed by atoms with Gasteiger partial charge in [0.2, 0.25) is 0 Å². The van der Waals surface area contributed by atoms with Crippen LogP contribution in [0.25, 0.3) is 0 Å². The first-order valence-electron chi connectivity index (χ1n) is 4.11. The molecule has 0 spiro atoms. The maximum atomic E-state index is 11.3. The fourth-order valence-electron chi connectivity index (χ4n) is 0.953. The minimum Gasteiger partial charge on any atom is -0.348 e. The topological polar surface area (TPSA) is 74.8 Å². The van der Waals surface area contributed by atoms with E-state index in [1.54, 1.807) is 0 Å². The second-order valence-corrected chi connectivity index (χ2v) is 3.04. The molecule has 5 nitrogen and oxygen atoms in total. The number of hydrogen-bond donors (Lipinski definition) is 2. The maximum Gasteiger partial charge on any atom is 0.271 e. The first-order chi connectivity index (χ1) is 6.25. The highest BCUT2D eigenvalue weighted by Crippen LogP contribution is 2.18. The Morgan fingerprint density at radius 1 is 1.62 bits per heavy atom. The number of carbonyl (C=O) groups excluding carboxylic acids is 1. The van der Waals surface area contributed by atoms with Gasteiger partial charge in [-0.1, -0.05) is 0 Å². The summed E-state index contributed by atoms with van der Waals surface area (Å²) in [5.74, 6) is -0.223. The van der Waals surface area contributed by atoms with Crippen molar-refractivity contribution >= 4 is 5.91 Å². The summed E-state index contributed by atoms with van der Waals surface area (Å²) < 4.78 is 0. The van der Waals surface area contributed by atoms with Gasteiger partial charge in [-0.15, -0.1) is 0 Å². The highest BCUT2D eigenvalue weighted by Gasteiger charge is 2.24. The molecule has 0 unspecified atom stereocenters. The molecule has 1 aliphatic rings. The van der Waals surface area contributed by atoms with Crippen LogP contribution in [0.4, 0.5) is 0 Å². The summed E-state index contributed by atoms with van der Waals surface area (Å²) in [4.78, 5) is 28.0. The molecule has 0 aromatic carbocycles. The zero-order valence-electron chi connectivity index (χ0n) is 6.91. The second-order valence-electron chi connectivity index (χ2n) is 3.04. The van der Waals surface area contributed by atoms with Crippen molar-refractivity contribution in [3.63, 3.8) is 0 Å². The van der Waals surface area contributed by atoms with Crippen molar-refractivity contribution in [3.05, 3.63) is 28.4 Å². The number of nitrogens with zero attached hydrogens (tertiary/aromatic N) is 1. The van der Waals surface area contributed by atoms with Crippen LogP contribution in [0.2, 0.25) is 0 Å². The van der Waals surface area contributed by atoms with Crippen molar-refractivity contribution in [1.29, 1.82) is 0 Å². The van der Waals surface area contributed by atoms with E-state index < -0.39 is 0 Å².